The summed E-state index contributed by atoms with van der Waals surface area (Å²) in [6, 6.07) is 15.7. The second-order valence-corrected chi connectivity index (χ2v) is 8.51. The van der Waals surface area contributed by atoms with Crippen molar-refractivity contribution in [1.82, 2.24) is 4.90 Å². The summed E-state index contributed by atoms with van der Waals surface area (Å²) in [7, 11) is 5.05. The van der Waals surface area contributed by atoms with Crippen LogP contribution in [0, 0.1) is 0 Å². The monoisotopic (exact) mass is 486 g/mol. The Labute approximate surface area is 209 Å². The molecule has 0 saturated carbocycles. The largest absolute Gasteiger partial charge is 0.497 e. The fourth-order valence-electron chi connectivity index (χ4n) is 4.34. The van der Waals surface area contributed by atoms with Gasteiger partial charge in [-0.15, -0.1) is 0 Å². The van der Waals surface area contributed by atoms with E-state index in [0.717, 1.165) is 17.5 Å². The Kier molecular flexibility index (Phi) is 6.25. The zero-order chi connectivity index (χ0) is 25.2. The van der Waals surface area contributed by atoms with Crippen LogP contribution in [0.4, 0.5) is 5.69 Å². The minimum atomic E-state index is -0.245. The minimum Gasteiger partial charge on any atom is -0.497 e. The number of nitrogens with zero attached hydrogens (tertiary/aromatic N) is 1. The van der Waals surface area contributed by atoms with Gasteiger partial charge in [0.15, 0.2) is 11.5 Å². The van der Waals surface area contributed by atoms with Gasteiger partial charge in [-0.05, 0) is 72.7 Å². The number of ether oxygens (including phenoxy) is 4. The first-order chi connectivity index (χ1) is 17.5. The minimum absolute atomic E-state index is 0.127. The van der Waals surface area contributed by atoms with Crippen molar-refractivity contribution < 1.29 is 28.5 Å². The van der Waals surface area contributed by atoms with Gasteiger partial charge in [0.2, 0.25) is 18.3 Å². The van der Waals surface area contributed by atoms with E-state index in [1.807, 2.05) is 24.1 Å². The van der Waals surface area contributed by atoms with Crippen LogP contribution in [0.25, 0.3) is 6.08 Å². The fourth-order valence-corrected chi connectivity index (χ4v) is 4.34. The molecule has 0 saturated heterocycles. The van der Waals surface area contributed by atoms with Gasteiger partial charge in [-0.25, -0.2) is 0 Å². The van der Waals surface area contributed by atoms with Crippen LogP contribution in [0.2, 0.25) is 0 Å². The van der Waals surface area contributed by atoms with Crippen LogP contribution in [0.3, 0.4) is 0 Å². The summed E-state index contributed by atoms with van der Waals surface area (Å²) < 4.78 is 21.9. The number of rotatable bonds is 6. The third kappa shape index (κ3) is 4.33. The number of anilines is 1. The summed E-state index contributed by atoms with van der Waals surface area (Å²) in [5.74, 6) is 2.09. The Bertz CT molecular complexity index is 1350. The second kappa shape index (κ2) is 9.65. The summed E-state index contributed by atoms with van der Waals surface area (Å²) in [6.07, 6.45) is 2.58. The van der Waals surface area contributed by atoms with Gasteiger partial charge in [0.1, 0.15) is 5.75 Å². The SMILES string of the molecule is COc1ccc(C(=O)Nc2ccc(C(=O)C3=Cc4c(cc5c(c4OC)OCO5)CCN3C)cc2)cc1. The van der Waals surface area contributed by atoms with Gasteiger partial charge in [-0.2, -0.15) is 0 Å². The van der Waals surface area contributed by atoms with Crippen molar-refractivity contribution in [2.75, 3.05) is 39.9 Å². The fraction of sp³-hybridized carbons (Fsp3) is 0.214. The van der Waals surface area contributed by atoms with Crippen molar-refractivity contribution in [2.45, 2.75) is 6.42 Å². The average molecular weight is 487 g/mol. The van der Waals surface area contributed by atoms with Crippen molar-refractivity contribution in [3.05, 3.63) is 82.5 Å². The number of nitrogens with one attached hydrogen (secondary N) is 1. The zero-order valence-corrected chi connectivity index (χ0v) is 20.3. The quantitative estimate of drug-likeness (QED) is 0.517. The Balaban J connectivity index is 1.38. The molecule has 184 valence electrons. The number of allylic oxidation sites excluding steroid dienone is 1. The highest BCUT2D eigenvalue weighted by atomic mass is 16.7. The van der Waals surface area contributed by atoms with Crippen LogP contribution >= 0.6 is 0 Å². The molecule has 0 aromatic heterocycles. The molecule has 0 bridgehead atoms. The highest BCUT2D eigenvalue weighted by Gasteiger charge is 2.28. The number of benzene rings is 3. The average Bonchev–Trinajstić information content (AvgIpc) is 3.31. The number of ketones is 1. The van der Waals surface area contributed by atoms with E-state index in [-0.39, 0.29) is 18.5 Å². The predicted octanol–water partition coefficient (Wildman–Crippen LogP) is 4.40. The lowest BCUT2D eigenvalue weighted by atomic mass is 10.0. The van der Waals surface area contributed by atoms with E-state index < -0.39 is 0 Å². The molecule has 0 spiro atoms. The van der Waals surface area contributed by atoms with Crippen molar-refractivity contribution in [3.8, 4) is 23.0 Å². The number of likely N-dealkylation sites (N-methyl/N-ethyl adjacent to an activating group) is 1. The van der Waals surface area contributed by atoms with Crippen LogP contribution in [0.5, 0.6) is 23.0 Å². The first-order valence-electron chi connectivity index (χ1n) is 11.5. The van der Waals surface area contributed by atoms with Crippen molar-refractivity contribution >= 4 is 23.5 Å². The molecule has 8 nitrogen and oxygen atoms in total. The smallest absolute Gasteiger partial charge is 0.255 e. The van der Waals surface area contributed by atoms with E-state index in [1.54, 1.807) is 62.8 Å². The molecule has 2 aliphatic heterocycles. The highest BCUT2D eigenvalue weighted by molar-refractivity contribution is 6.11. The normalized spacial score (nSPS) is 13.9. The van der Waals surface area contributed by atoms with Crippen LogP contribution < -0.4 is 24.3 Å². The number of carbonyl (C=O) groups is 2. The van der Waals surface area contributed by atoms with E-state index in [9.17, 15) is 9.59 Å². The number of hydrogen-bond donors (Lipinski definition) is 1. The van der Waals surface area contributed by atoms with E-state index in [4.69, 9.17) is 18.9 Å². The molecule has 1 amide bonds. The molecule has 0 unspecified atom stereocenters. The van der Waals surface area contributed by atoms with Gasteiger partial charge in [0.05, 0.1) is 19.9 Å². The molecule has 0 aliphatic carbocycles. The summed E-state index contributed by atoms with van der Waals surface area (Å²) in [5.41, 5.74) is 4.00. The maximum Gasteiger partial charge on any atom is 0.255 e. The summed E-state index contributed by atoms with van der Waals surface area (Å²) in [4.78, 5) is 28.0. The van der Waals surface area contributed by atoms with Crippen molar-refractivity contribution in [3.63, 3.8) is 0 Å². The van der Waals surface area contributed by atoms with E-state index in [2.05, 4.69) is 5.32 Å². The number of hydrogen-bond acceptors (Lipinski definition) is 7. The number of carbonyl (C=O) groups excluding carboxylic acids is 2. The molecular formula is C28H26N2O6. The topological polar surface area (TPSA) is 86.3 Å². The molecular weight excluding hydrogens is 460 g/mol. The number of methoxy groups -OCH3 is 2. The van der Waals surface area contributed by atoms with Crippen LogP contribution in [-0.2, 0) is 6.42 Å². The molecule has 2 aliphatic rings. The predicted molar refractivity (Wildman–Crippen MR) is 135 cm³/mol. The lowest BCUT2D eigenvalue weighted by Gasteiger charge is -2.20. The number of Topliss-reactive ketones (excluding diaryl/α,β-unsaturated/α-hetero) is 1. The highest BCUT2D eigenvalue weighted by Crippen LogP contribution is 2.46. The summed E-state index contributed by atoms with van der Waals surface area (Å²) in [6.45, 7) is 0.800. The molecule has 2 heterocycles. The molecule has 5 rings (SSSR count). The third-order valence-corrected chi connectivity index (χ3v) is 6.35. The lowest BCUT2D eigenvalue weighted by Crippen LogP contribution is -2.24. The first kappa shape index (κ1) is 23.3. The van der Waals surface area contributed by atoms with Gasteiger partial charge in [-0.1, -0.05) is 0 Å². The molecule has 3 aromatic rings. The second-order valence-electron chi connectivity index (χ2n) is 8.51. The van der Waals surface area contributed by atoms with E-state index in [1.165, 1.54) is 0 Å². The van der Waals surface area contributed by atoms with Crippen LogP contribution in [0.15, 0.2) is 60.3 Å². The maximum absolute atomic E-state index is 13.5. The molecule has 8 heteroatoms. The zero-order valence-electron chi connectivity index (χ0n) is 20.3. The molecule has 36 heavy (non-hydrogen) atoms. The van der Waals surface area contributed by atoms with Crippen LogP contribution in [0.1, 0.15) is 31.8 Å². The Morgan fingerprint density at radius 2 is 1.67 bits per heavy atom. The van der Waals surface area contributed by atoms with E-state index in [0.29, 0.717) is 52.1 Å². The van der Waals surface area contributed by atoms with Crippen LogP contribution in [-0.4, -0.2) is 51.2 Å². The number of fused-ring (bicyclic) bond motifs is 2. The Morgan fingerprint density at radius 3 is 2.36 bits per heavy atom. The third-order valence-electron chi connectivity index (χ3n) is 6.35. The first-order valence-corrected chi connectivity index (χ1v) is 11.5. The van der Waals surface area contributed by atoms with E-state index >= 15 is 0 Å². The van der Waals surface area contributed by atoms with Gasteiger partial charge in [0, 0.05) is 36.0 Å². The molecule has 0 fully saturated rings. The van der Waals surface area contributed by atoms with Crippen molar-refractivity contribution in [1.29, 1.82) is 0 Å². The standard InChI is InChI=1S/C28H26N2O6/c1-30-13-12-19-14-24-27(36-16-35-24)26(34-3)22(19)15-23(30)25(31)17-4-8-20(9-5-17)29-28(32)18-6-10-21(33-2)11-7-18/h4-11,14-15H,12-13,16H2,1-3H3,(H,29,32). The molecule has 0 radical (unpaired) electrons. The Hall–Kier alpha value is -4.46. The maximum atomic E-state index is 13.5. The lowest BCUT2D eigenvalue weighted by molar-refractivity contribution is 0.0999. The van der Waals surface area contributed by atoms with Gasteiger partial charge < -0.3 is 29.2 Å². The molecule has 3 aromatic carbocycles. The number of amides is 1. The summed E-state index contributed by atoms with van der Waals surface area (Å²) in [5, 5.41) is 2.85. The Morgan fingerprint density at radius 1 is 0.944 bits per heavy atom. The van der Waals surface area contributed by atoms with Gasteiger partial charge in [0.25, 0.3) is 5.91 Å². The van der Waals surface area contributed by atoms with Gasteiger partial charge >= 0.3 is 0 Å². The molecule has 1 N–H and O–H groups in total. The summed E-state index contributed by atoms with van der Waals surface area (Å²) >= 11 is 0. The van der Waals surface area contributed by atoms with Gasteiger partial charge in [-0.3, -0.25) is 9.59 Å². The van der Waals surface area contributed by atoms with Crippen molar-refractivity contribution in [2.24, 2.45) is 0 Å². The molecule has 0 atom stereocenters.